The zero-order valence-corrected chi connectivity index (χ0v) is 16.3. The summed E-state index contributed by atoms with van der Waals surface area (Å²) in [7, 11) is 1.80. The van der Waals surface area contributed by atoms with Crippen molar-refractivity contribution in [1.29, 1.82) is 0 Å². The summed E-state index contributed by atoms with van der Waals surface area (Å²) in [5.41, 5.74) is 3.05. The number of amides is 1. The van der Waals surface area contributed by atoms with Gasteiger partial charge in [0.25, 0.3) is 5.91 Å². The minimum Gasteiger partial charge on any atom is -0.449 e. The third-order valence-corrected chi connectivity index (χ3v) is 5.09. The molecule has 1 amide bonds. The van der Waals surface area contributed by atoms with Crippen LogP contribution in [0, 0.1) is 13.8 Å². The van der Waals surface area contributed by atoms with Crippen LogP contribution >= 0.6 is 11.3 Å². The first-order chi connectivity index (χ1) is 12.8. The van der Waals surface area contributed by atoms with Crippen LogP contribution in [0.2, 0.25) is 0 Å². The molecule has 0 aliphatic rings. The summed E-state index contributed by atoms with van der Waals surface area (Å²) in [6.07, 6.45) is 1.94. The summed E-state index contributed by atoms with van der Waals surface area (Å²) < 4.78 is 7.90. The van der Waals surface area contributed by atoms with Crippen molar-refractivity contribution >= 4 is 45.2 Å². The van der Waals surface area contributed by atoms with Crippen LogP contribution in [-0.2, 0) is 21.4 Å². The van der Waals surface area contributed by atoms with E-state index in [9.17, 15) is 9.59 Å². The van der Waals surface area contributed by atoms with Crippen LogP contribution in [-0.4, -0.2) is 32.7 Å². The first-order valence-electron chi connectivity index (χ1n) is 8.40. The van der Waals surface area contributed by atoms with Crippen LogP contribution in [0.5, 0.6) is 0 Å². The fraction of sp³-hybridized carbons (Fsp3) is 0.263. The Hall–Kier alpha value is -3.00. The molecule has 27 heavy (non-hydrogen) atoms. The molecule has 2 aromatic heterocycles. The number of hydrogen-bond donors (Lipinski definition) is 1. The summed E-state index contributed by atoms with van der Waals surface area (Å²) in [6, 6.07) is 7.73. The smallest absolute Gasteiger partial charge is 0.331 e. The molecule has 0 unspecified atom stereocenters. The zero-order valence-electron chi connectivity index (χ0n) is 15.5. The lowest BCUT2D eigenvalue weighted by Gasteiger charge is -2.12. The molecule has 0 saturated heterocycles. The topological polar surface area (TPSA) is 86.1 Å². The van der Waals surface area contributed by atoms with E-state index in [1.165, 1.54) is 24.3 Å². The number of rotatable bonds is 5. The fourth-order valence-electron chi connectivity index (χ4n) is 2.55. The van der Waals surface area contributed by atoms with Crippen molar-refractivity contribution in [2.75, 3.05) is 5.32 Å². The normalized spacial score (nSPS) is 12.4. The number of aromatic nitrogens is 3. The summed E-state index contributed by atoms with van der Waals surface area (Å²) in [6.45, 7) is 5.19. The van der Waals surface area contributed by atoms with Gasteiger partial charge >= 0.3 is 5.97 Å². The molecule has 1 atom stereocenters. The number of benzene rings is 1. The van der Waals surface area contributed by atoms with Crippen LogP contribution in [0.4, 0.5) is 5.69 Å². The molecule has 0 aliphatic heterocycles. The van der Waals surface area contributed by atoms with E-state index in [0.717, 1.165) is 15.9 Å². The van der Waals surface area contributed by atoms with E-state index >= 15 is 0 Å². The van der Waals surface area contributed by atoms with Crippen molar-refractivity contribution in [1.82, 2.24) is 14.8 Å². The van der Waals surface area contributed by atoms with Gasteiger partial charge in [-0.3, -0.25) is 9.48 Å². The van der Waals surface area contributed by atoms with E-state index in [2.05, 4.69) is 15.4 Å². The van der Waals surface area contributed by atoms with Crippen molar-refractivity contribution in [3.05, 3.63) is 46.7 Å². The second kappa shape index (κ2) is 7.71. The molecule has 3 rings (SSSR count). The van der Waals surface area contributed by atoms with E-state index < -0.39 is 18.0 Å². The van der Waals surface area contributed by atoms with Crippen LogP contribution in [0.3, 0.4) is 0 Å². The molecule has 2 heterocycles. The molecule has 0 fully saturated rings. The second-order valence-corrected chi connectivity index (χ2v) is 7.15. The Morgan fingerprint density at radius 3 is 2.70 bits per heavy atom. The van der Waals surface area contributed by atoms with Crippen molar-refractivity contribution < 1.29 is 14.3 Å². The highest BCUT2D eigenvalue weighted by Gasteiger charge is 2.20. The molecule has 7 nitrogen and oxygen atoms in total. The van der Waals surface area contributed by atoms with E-state index in [4.69, 9.17) is 4.74 Å². The number of aryl methyl sites for hydroxylation is 2. The van der Waals surface area contributed by atoms with Crippen LogP contribution in [0.1, 0.15) is 23.3 Å². The third kappa shape index (κ3) is 4.22. The average molecular weight is 384 g/mol. The highest BCUT2D eigenvalue weighted by atomic mass is 32.1. The lowest BCUT2D eigenvalue weighted by Crippen LogP contribution is -2.29. The number of nitrogens with one attached hydrogen (secondary N) is 1. The SMILES string of the molecule is Cc1nn(C)c(C)c1NC(=O)[C@@H](C)OC(=O)/C=C/c1nc2ccccc2s1. The van der Waals surface area contributed by atoms with Gasteiger partial charge in [0.15, 0.2) is 6.10 Å². The quantitative estimate of drug-likeness (QED) is 0.539. The Kier molecular flexibility index (Phi) is 5.36. The summed E-state index contributed by atoms with van der Waals surface area (Å²) in [4.78, 5) is 28.7. The fourth-order valence-corrected chi connectivity index (χ4v) is 3.42. The largest absolute Gasteiger partial charge is 0.449 e. The van der Waals surface area contributed by atoms with Gasteiger partial charge in [-0.05, 0) is 39.0 Å². The van der Waals surface area contributed by atoms with Crippen LogP contribution < -0.4 is 5.32 Å². The lowest BCUT2D eigenvalue weighted by atomic mass is 10.3. The number of ether oxygens (including phenoxy) is 1. The van der Waals surface area contributed by atoms with Gasteiger partial charge in [-0.25, -0.2) is 9.78 Å². The van der Waals surface area contributed by atoms with Crippen molar-refractivity contribution in [3.63, 3.8) is 0 Å². The number of nitrogens with zero attached hydrogens (tertiary/aromatic N) is 3. The molecule has 0 bridgehead atoms. The summed E-state index contributed by atoms with van der Waals surface area (Å²) in [5, 5.41) is 7.71. The summed E-state index contributed by atoms with van der Waals surface area (Å²) >= 11 is 1.48. The van der Waals surface area contributed by atoms with Gasteiger partial charge in [-0.2, -0.15) is 5.10 Å². The van der Waals surface area contributed by atoms with Gasteiger partial charge in [0.2, 0.25) is 0 Å². The molecule has 1 aromatic carbocycles. The molecule has 8 heteroatoms. The molecule has 0 saturated carbocycles. The van der Waals surface area contributed by atoms with Crippen molar-refractivity contribution in [2.45, 2.75) is 26.9 Å². The van der Waals surface area contributed by atoms with Crippen LogP contribution in [0.15, 0.2) is 30.3 Å². The monoisotopic (exact) mass is 384 g/mol. The highest BCUT2D eigenvalue weighted by Crippen LogP contribution is 2.22. The van der Waals surface area contributed by atoms with Crippen molar-refractivity contribution in [2.24, 2.45) is 7.05 Å². The Morgan fingerprint density at radius 2 is 2.04 bits per heavy atom. The van der Waals surface area contributed by atoms with E-state index in [-0.39, 0.29) is 0 Å². The Bertz CT molecular complexity index is 1000. The predicted molar refractivity (Wildman–Crippen MR) is 106 cm³/mol. The maximum atomic E-state index is 12.3. The predicted octanol–water partition coefficient (Wildman–Crippen LogP) is 3.23. The molecule has 140 valence electrons. The van der Waals surface area contributed by atoms with Gasteiger partial charge in [0.1, 0.15) is 5.01 Å². The van der Waals surface area contributed by atoms with Gasteiger partial charge in [-0.15, -0.1) is 11.3 Å². The Labute approximate surface area is 160 Å². The maximum Gasteiger partial charge on any atom is 0.331 e. The third-order valence-electron chi connectivity index (χ3n) is 4.09. The van der Waals surface area contributed by atoms with E-state index in [1.807, 2.05) is 31.2 Å². The van der Waals surface area contributed by atoms with Gasteiger partial charge in [-0.1, -0.05) is 12.1 Å². The molecular formula is C19H20N4O3S. The van der Waals surface area contributed by atoms with Crippen molar-refractivity contribution in [3.8, 4) is 0 Å². The molecule has 1 N–H and O–H groups in total. The average Bonchev–Trinajstić information content (AvgIpc) is 3.15. The second-order valence-electron chi connectivity index (χ2n) is 6.09. The first kappa shape index (κ1) is 18.8. The first-order valence-corrected chi connectivity index (χ1v) is 9.22. The molecule has 3 aromatic rings. The molecule has 0 spiro atoms. The Balaban J connectivity index is 1.60. The van der Waals surface area contributed by atoms with Crippen LogP contribution in [0.25, 0.3) is 16.3 Å². The number of fused-ring (bicyclic) bond motifs is 1. The van der Waals surface area contributed by atoms with E-state index in [0.29, 0.717) is 16.4 Å². The summed E-state index contributed by atoms with van der Waals surface area (Å²) in [5.74, 6) is -1.01. The molecule has 0 aliphatic carbocycles. The van der Waals surface area contributed by atoms with E-state index in [1.54, 1.807) is 24.7 Å². The van der Waals surface area contributed by atoms with Gasteiger partial charge in [0, 0.05) is 13.1 Å². The Morgan fingerprint density at radius 1 is 1.30 bits per heavy atom. The molecule has 0 radical (unpaired) electrons. The standard InChI is InChI=1S/C19H20N4O3S/c1-11-18(12(2)23(4)22-11)21-19(25)13(3)26-17(24)10-9-16-20-14-7-5-6-8-15(14)27-16/h5-10,13H,1-4H3,(H,21,25)/b10-9+/t13-/m1/s1. The maximum absolute atomic E-state index is 12.3. The minimum absolute atomic E-state index is 0.407. The number of carbonyl (C=O) groups is 2. The van der Waals surface area contributed by atoms with Gasteiger partial charge < -0.3 is 10.1 Å². The zero-order chi connectivity index (χ0) is 19.6. The number of carbonyl (C=O) groups excluding carboxylic acids is 2. The number of thiazole rings is 1. The number of esters is 1. The highest BCUT2D eigenvalue weighted by molar-refractivity contribution is 7.19. The van der Waals surface area contributed by atoms with Gasteiger partial charge in [0.05, 0.1) is 27.3 Å². The number of hydrogen-bond acceptors (Lipinski definition) is 6. The molecular weight excluding hydrogens is 364 g/mol. The minimum atomic E-state index is -0.934. The number of para-hydroxylation sites is 1. The number of anilines is 1. The lowest BCUT2D eigenvalue weighted by molar-refractivity contribution is -0.148.